The van der Waals surface area contributed by atoms with E-state index in [1.54, 1.807) is 6.33 Å². The van der Waals surface area contributed by atoms with Gasteiger partial charge in [0, 0.05) is 38.0 Å². The minimum Gasteiger partial charge on any atom is -0.373 e. The first-order chi connectivity index (χ1) is 9.52. The quantitative estimate of drug-likeness (QED) is 0.875. The number of aryl methyl sites for hydroxylation is 2. The number of hydrogen-bond acceptors (Lipinski definition) is 5. The Morgan fingerprint density at radius 3 is 2.50 bits per heavy atom. The van der Waals surface area contributed by atoms with Gasteiger partial charge in [0.05, 0.1) is 5.69 Å². The normalized spacial score (nSPS) is 10.9. The molecule has 0 amide bonds. The van der Waals surface area contributed by atoms with E-state index in [1.165, 1.54) is 5.56 Å². The van der Waals surface area contributed by atoms with E-state index in [4.69, 9.17) is 0 Å². The maximum Gasteiger partial charge on any atom is 0.135 e. The summed E-state index contributed by atoms with van der Waals surface area (Å²) in [5.41, 5.74) is 3.32. The predicted molar refractivity (Wildman–Crippen MR) is 80.9 cm³/mol. The third-order valence-corrected chi connectivity index (χ3v) is 3.26. The molecule has 0 saturated carbocycles. The molecule has 108 valence electrons. The van der Waals surface area contributed by atoms with Crippen LogP contribution in [-0.2, 0) is 13.6 Å². The molecular weight excluding hydrogens is 252 g/mol. The van der Waals surface area contributed by atoms with Gasteiger partial charge in [-0.05, 0) is 12.8 Å². The number of anilines is 2. The molecule has 0 spiro atoms. The zero-order valence-corrected chi connectivity index (χ0v) is 12.7. The number of hydrogen-bond donors (Lipinski definition) is 2. The van der Waals surface area contributed by atoms with Crippen molar-refractivity contribution in [3.63, 3.8) is 0 Å². The van der Waals surface area contributed by atoms with Crippen LogP contribution in [-0.4, -0.2) is 26.8 Å². The number of nitrogens with zero attached hydrogens (tertiary/aromatic N) is 4. The van der Waals surface area contributed by atoms with Gasteiger partial charge in [-0.3, -0.25) is 4.68 Å². The van der Waals surface area contributed by atoms with Gasteiger partial charge >= 0.3 is 0 Å². The van der Waals surface area contributed by atoms with Crippen molar-refractivity contribution in [2.24, 2.45) is 7.05 Å². The zero-order valence-electron chi connectivity index (χ0n) is 12.7. The lowest BCUT2D eigenvalue weighted by atomic mass is 10.0. The van der Waals surface area contributed by atoms with Crippen molar-refractivity contribution in [1.82, 2.24) is 19.7 Å². The lowest BCUT2D eigenvalue weighted by Crippen LogP contribution is -2.09. The van der Waals surface area contributed by atoms with Crippen LogP contribution in [0.15, 0.2) is 12.5 Å². The van der Waals surface area contributed by atoms with E-state index < -0.39 is 0 Å². The molecule has 0 bridgehead atoms. The van der Waals surface area contributed by atoms with Crippen LogP contribution in [0.1, 0.15) is 36.6 Å². The second kappa shape index (κ2) is 5.90. The average molecular weight is 274 g/mol. The summed E-state index contributed by atoms with van der Waals surface area (Å²) in [6.07, 6.45) is 3.60. The van der Waals surface area contributed by atoms with Gasteiger partial charge in [-0.2, -0.15) is 5.10 Å². The van der Waals surface area contributed by atoms with Crippen molar-refractivity contribution in [3.8, 4) is 0 Å². The van der Waals surface area contributed by atoms with E-state index in [1.807, 2.05) is 31.9 Å². The smallest absolute Gasteiger partial charge is 0.135 e. The Bertz CT molecular complexity index is 587. The Balaban J connectivity index is 2.23. The van der Waals surface area contributed by atoms with Crippen LogP contribution in [0.5, 0.6) is 0 Å². The van der Waals surface area contributed by atoms with Gasteiger partial charge in [0.1, 0.15) is 18.0 Å². The Hall–Kier alpha value is -2.11. The maximum atomic E-state index is 4.37. The summed E-state index contributed by atoms with van der Waals surface area (Å²) in [5, 5.41) is 10.9. The summed E-state index contributed by atoms with van der Waals surface area (Å²) in [6.45, 7) is 7.00. The first-order valence-electron chi connectivity index (χ1n) is 6.78. The molecule has 6 heteroatoms. The molecule has 0 fully saturated rings. The Kier molecular flexibility index (Phi) is 4.22. The van der Waals surface area contributed by atoms with E-state index in [0.717, 1.165) is 22.9 Å². The van der Waals surface area contributed by atoms with Crippen molar-refractivity contribution in [1.29, 1.82) is 0 Å². The number of nitrogens with one attached hydrogen (secondary N) is 2. The van der Waals surface area contributed by atoms with Gasteiger partial charge in [-0.15, -0.1) is 0 Å². The monoisotopic (exact) mass is 274 g/mol. The topological polar surface area (TPSA) is 67.7 Å². The summed E-state index contributed by atoms with van der Waals surface area (Å²) >= 11 is 0. The largest absolute Gasteiger partial charge is 0.373 e. The molecule has 0 aliphatic carbocycles. The van der Waals surface area contributed by atoms with Crippen LogP contribution in [0, 0.1) is 6.92 Å². The summed E-state index contributed by atoms with van der Waals surface area (Å²) < 4.78 is 1.83. The lowest BCUT2D eigenvalue weighted by Gasteiger charge is -2.16. The van der Waals surface area contributed by atoms with Crippen molar-refractivity contribution >= 4 is 11.6 Å². The van der Waals surface area contributed by atoms with Gasteiger partial charge in [-0.1, -0.05) is 13.8 Å². The molecule has 2 aromatic rings. The summed E-state index contributed by atoms with van der Waals surface area (Å²) in [7, 11) is 3.81. The SMILES string of the molecule is CNc1ncnc(NCc2cn(C)nc2C)c1C(C)C. The van der Waals surface area contributed by atoms with Crippen molar-refractivity contribution < 1.29 is 0 Å². The second-order valence-electron chi connectivity index (χ2n) is 5.16. The minimum atomic E-state index is 0.344. The molecule has 0 aromatic carbocycles. The highest BCUT2D eigenvalue weighted by atomic mass is 15.3. The van der Waals surface area contributed by atoms with Gasteiger partial charge in [-0.25, -0.2) is 9.97 Å². The summed E-state index contributed by atoms with van der Waals surface area (Å²) in [6, 6.07) is 0. The number of rotatable bonds is 5. The molecule has 2 N–H and O–H groups in total. The zero-order chi connectivity index (χ0) is 14.7. The average Bonchev–Trinajstić information content (AvgIpc) is 2.73. The molecule has 0 saturated heterocycles. The fourth-order valence-corrected chi connectivity index (χ4v) is 2.28. The van der Waals surface area contributed by atoms with Gasteiger partial charge in [0.15, 0.2) is 0 Å². The van der Waals surface area contributed by atoms with Crippen LogP contribution < -0.4 is 10.6 Å². The highest BCUT2D eigenvalue weighted by molar-refractivity contribution is 5.58. The Morgan fingerprint density at radius 2 is 1.95 bits per heavy atom. The van der Waals surface area contributed by atoms with Crippen molar-refractivity contribution in [3.05, 3.63) is 29.3 Å². The fraction of sp³-hybridized carbons (Fsp3) is 0.500. The van der Waals surface area contributed by atoms with Crippen LogP contribution in [0.3, 0.4) is 0 Å². The first-order valence-corrected chi connectivity index (χ1v) is 6.78. The highest BCUT2D eigenvalue weighted by Gasteiger charge is 2.14. The summed E-state index contributed by atoms with van der Waals surface area (Å²) in [4.78, 5) is 8.65. The van der Waals surface area contributed by atoms with Crippen molar-refractivity contribution in [2.45, 2.75) is 33.2 Å². The van der Waals surface area contributed by atoms with Crippen LogP contribution in [0.2, 0.25) is 0 Å². The van der Waals surface area contributed by atoms with Crippen LogP contribution in [0.4, 0.5) is 11.6 Å². The standard InChI is InChI=1S/C14H22N6/c1-9(2)12-13(15-4)17-8-18-14(12)16-6-11-7-20(5)19-10(11)3/h7-9H,6H2,1-5H3,(H2,15,16,17,18). The fourth-order valence-electron chi connectivity index (χ4n) is 2.28. The van der Waals surface area contributed by atoms with Gasteiger partial charge in [0.2, 0.25) is 0 Å². The molecule has 2 aromatic heterocycles. The molecule has 0 aliphatic heterocycles. The van der Waals surface area contributed by atoms with Crippen LogP contribution >= 0.6 is 0 Å². The highest BCUT2D eigenvalue weighted by Crippen LogP contribution is 2.28. The molecule has 2 heterocycles. The number of aromatic nitrogens is 4. The maximum absolute atomic E-state index is 4.37. The lowest BCUT2D eigenvalue weighted by molar-refractivity contribution is 0.756. The van der Waals surface area contributed by atoms with E-state index in [-0.39, 0.29) is 0 Å². The van der Waals surface area contributed by atoms with E-state index in [9.17, 15) is 0 Å². The second-order valence-corrected chi connectivity index (χ2v) is 5.16. The molecule has 2 rings (SSSR count). The molecule has 0 atom stereocenters. The third-order valence-electron chi connectivity index (χ3n) is 3.26. The van der Waals surface area contributed by atoms with E-state index in [0.29, 0.717) is 12.5 Å². The Morgan fingerprint density at radius 1 is 1.25 bits per heavy atom. The first kappa shape index (κ1) is 14.3. The Labute approximate surface area is 119 Å². The van der Waals surface area contributed by atoms with Gasteiger partial charge in [0.25, 0.3) is 0 Å². The molecule has 20 heavy (non-hydrogen) atoms. The molecular formula is C14H22N6. The minimum absolute atomic E-state index is 0.344. The van der Waals surface area contributed by atoms with Crippen molar-refractivity contribution in [2.75, 3.05) is 17.7 Å². The molecule has 0 aliphatic rings. The van der Waals surface area contributed by atoms with Crippen LogP contribution in [0.25, 0.3) is 0 Å². The molecule has 0 unspecified atom stereocenters. The predicted octanol–water partition coefficient (Wildman–Crippen LogP) is 2.30. The molecule has 6 nitrogen and oxygen atoms in total. The summed E-state index contributed by atoms with van der Waals surface area (Å²) in [5.74, 6) is 2.10. The van der Waals surface area contributed by atoms with E-state index >= 15 is 0 Å². The molecule has 0 radical (unpaired) electrons. The third kappa shape index (κ3) is 2.89. The van der Waals surface area contributed by atoms with E-state index in [2.05, 4.69) is 39.5 Å². The van der Waals surface area contributed by atoms with Gasteiger partial charge < -0.3 is 10.6 Å².